The van der Waals surface area contributed by atoms with Crippen LogP contribution in [0.4, 0.5) is 0 Å². The Balaban J connectivity index is 1.42. The van der Waals surface area contributed by atoms with Gasteiger partial charge < -0.3 is 24.6 Å². The molecular weight excluding hydrogens is 543 g/mol. The van der Waals surface area contributed by atoms with Gasteiger partial charge in [0.2, 0.25) is 15.9 Å². The lowest BCUT2D eigenvalue weighted by Gasteiger charge is -2.43. The van der Waals surface area contributed by atoms with E-state index in [2.05, 4.69) is 5.32 Å². The first-order chi connectivity index (χ1) is 17.7. The number of amides is 1. The van der Waals surface area contributed by atoms with E-state index in [9.17, 15) is 18.3 Å². The van der Waals surface area contributed by atoms with Gasteiger partial charge in [-0.15, -0.1) is 0 Å². The number of methoxy groups -OCH3 is 1. The molecule has 0 aromatic heterocycles. The number of ether oxygens (including phenoxy) is 3. The van der Waals surface area contributed by atoms with Gasteiger partial charge in [0.05, 0.1) is 66.0 Å². The molecule has 9 nitrogen and oxygen atoms in total. The monoisotopic (exact) mass is 572 g/mol. The Bertz CT molecular complexity index is 1200. The van der Waals surface area contributed by atoms with Crippen LogP contribution >= 0.6 is 23.2 Å². The molecule has 2 N–H and O–H groups in total. The highest BCUT2D eigenvalue weighted by molar-refractivity contribution is 7.89. The van der Waals surface area contributed by atoms with E-state index in [0.29, 0.717) is 35.2 Å². The van der Waals surface area contributed by atoms with Gasteiger partial charge in [-0.3, -0.25) is 4.79 Å². The van der Waals surface area contributed by atoms with E-state index in [0.717, 1.165) is 5.56 Å². The van der Waals surface area contributed by atoms with Crippen LogP contribution in [0.5, 0.6) is 5.75 Å². The summed E-state index contributed by atoms with van der Waals surface area (Å²) in [5.41, 5.74) is 0.818. The van der Waals surface area contributed by atoms with Gasteiger partial charge in [0, 0.05) is 13.1 Å². The number of benzene rings is 2. The number of hydrogen-bond donors (Lipinski definition) is 2. The third kappa shape index (κ3) is 6.94. The molecule has 4 atom stereocenters. The van der Waals surface area contributed by atoms with Crippen molar-refractivity contribution >= 4 is 39.1 Å². The largest absolute Gasteiger partial charge is 0.497 e. The molecule has 202 valence electrons. The first-order valence-electron chi connectivity index (χ1n) is 11.9. The van der Waals surface area contributed by atoms with Gasteiger partial charge in [-0.1, -0.05) is 29.3 Å². The Morgan fingerprint density at radius 3 is 2.59 bits per heavy atom. The second-order valence-electron chi connectivity index (χ2n) is 9.11. The summed E-state index contributed by atoms with van der Waals surface area (Å²) < 4.78 is 45.4. The standard InChI is InChI=1S/C25H30Cl2N2O7S/c1-34-18-3-6-20(7-4-18)37(32,33)29-13-17(30)14-35-15-24-23(29)9-5-19(36-24)11-25(31)28-12-16-2-8-21(26)22(27)10-16/h2-4,6-8,10,17,19,23-24,30H,5,9,11-15H2,1H3,(H,28,31)/t17-,19-,23-,24+/m1/s1. The summed E-state index contributed by atoms with van der Waals surface area (Å²) in [6.45, 7) is 0.269. The predicted molar refractivity (Wildman–Crippen MR) is 138 cm³/mol. The second-order valence-corrected chi connectivity index (χ2v) is 11.8. The van der Waals surface area contributed by atoms with Crippen LogP contribution in [0.25, 0.3) is 0 Å². The molecule has 0 radical (unpaired) electrons. The topological polar surface area (TPSA) is 114 Å². The number of halogens is 2. The molecule has 12 heteroatoms. The molecule has 2 aliphatic rings. The first kappa shape index (κ1) is 28.1. The Hall–Kier alpha value is -1.92. The van der Waals surface area contributed by atoms with Crippen LogP contribution in [-0.4, -0.2) is 75.0 Å². The van der Waals surface area contributed by atoms with Crippen molar-refractivity contribution in [1.29, 1.82) is 0 Å². The molecule has 1 amide bonds. The number of carbonyl (C=O) groups is 1. The number of carbonyl (C=O) groups excluding carboxylic acids is 1. The SMILES string of the molecule is COc1ccc(S(=O)(=O)N2C[C@@H](O)COC[C@@H]3O[C@@H](CC(=O)NCc4ccc(Cl)c(Cl)c4)CC[C@H]32)cc1. The van der Waals surface area contributed by atoms with Crippen molar-refractivity contribution in [2.75, 3.05) is 26.9 Å². The van der Waals surface area contributed by atoms with Crippen LogP contribution in [-0.2, 0) is 30.8 Å². The summed E-state index contributed by atoms with van der Waals surface area (Å²) in [5, 5.41) is 14.1. The van der Waals surface area contributed by atoms with Gasteiger partial charge in [-0.25, -0.2) is 8.42 Å². The lowest BCUT2D eigenvalue weighted by molar-refractivity contribution is -0.146. The predicted octanol–water partition coefficient (Wildman–Crippen LogP) is 3.01. The summed E-state index contributed by atoms with van der Waals surface area (Å²) in [5.74, 6) is 0.346. The third-order valence-electron chi connectivity index (χ3n) is 6.49. The van der Waals surface area contributed by atoms with Crippen LogP contribution in [0.15, 0.2) is 47.4 Å². The quantitative estimate of drug-likeness (QED) is 0.524. The number of β-amino-alcohol motifs (C(OH)–C–C–N with tert-alkyl or cyclic N) is 1. The van der Waals surface area contributed by atoms with Crippen molar-refractivity contribution in [3.63, 3.8) is 0 Å². The van der Waals surface area contributed by atoms with Gasteiger partial charge >= 0.3 is 0 Å². The van der Waals surface area contributed by atoms with Gasteiger partial charge in [0.25, 0.3) is 0 Å². The van der Waals surface area contributed by atoms with E-state index in [1.54, 1.807) is 30.3 Å². The number of nitrogens with zero attached hydrogens (tertiary/aromatic N) is 1. The maximum atomic E-state index is 13.6. The lowest BCUT2D eigenvalue weighted by atomic mass is 9.96. The Morgan fingerprint density at radius 2 is 1.89 bits per heavy atom. The van der Waals surface area contributed by atoms with Crippen molar-refractivity contribution in [2.45, 2.75) is 55.1 Å². The van der Waals surface area contributed by atoms with Crippen LogP contribution in [0, 0.1) is 0 Å². The maximum Gasteiger partial charge on any atom is 0.243 e. The van der Waals surface area contributed by atoms with Gasteiger partial charge in [0.1, 0.15) is 5.75 Å². The third-order valence-corrected chi connectivity index (χ3v) is 9.13. The average Bonchev–Trinajstić information content (AvgIpc) is 2.87. The van der Waals surface area contributed by atoms with Crippen molar-refractivity contribution in [3.05, 3.63) is 58.1 Å². The van der Waals surface area contributed by atoms with Gasteiger partial charge in [0.15, 0.2) is 0 Å². The fourth-order valence-corrected chi connectivity index (χ4v) is 6.62. The summed E-state index contributed by atoms with van der Waals surface area (Å²) in [7, 11) is -2.43. The fourth-order valence-electron chi connectivity index (χ4n) is 4.58. The molecule has 0 bridgehead atoms. The Kier molecular flexibility index (Phi) is 9.33. The molecule has 2 saturated heterocycles. The van der Waals surface area contributed by atoms with Crippen LogP contribution in [0.2, 0.25) is 10.0 Å². The molecule has 2 aromatic carbocycles. The molecule has 2 heterocycles. The van der Waals surface area contributed by atoms with Gasteiger partial charge in [-0.2, -0.15) is 4.31 Å². The zero-order chi connectivity index (χ0) is 26.6. The summed E-state index contributed by atoms with van der Waals surface area (Å²) in [6, 6.07) is 10.7. The molecule has 4 rings (SSSR count). The van der Waals surface area contributed by atoms with E-state index in [-0.39, 0.29) is 37.0 Å². The highest BCUT2D eigenvalue weighted by Gasteiger charge is 2.43. The van der Waals surface area contributed by atoms with E-state index >= 15 is 0 Å². The minimum Gasteiger partial charge on any atom is -0.497 e. The number of hydrogen-bond acceptors (Lipinski definition) is 7. The maximum absolute atomic E-state index is 13.6. The summed E-state index contributed by atoms with van der Waals surface area (Å²) in [6.07, 6.45) is -0.889. The number of aliphatic hydroxyl groups excluding tert-OH is 1. The summed E-state index contributed by atoms with van der Waals surface area (Å²) >= 11 is 12.0. The molecule has 0 saturated carbocycles. The Morgan fingerprint density at radius 1 is 1.14 bits per heavy atom. The smallest absolute Gasteiger partial charge is 0.243 e. The molecule has 0 unspecified atom stereocenters. The van der Waals surface area contributed by atoms with Crippen LogP contribution in [0.1, 0.15) is 24.8 Å². The zero-order valence-corrected chi connectivity index (χ0v) is 22.6. The minimum atomic E-state index is -3.93. The lowest BCUT2D eigenvalue weighted by Crippen LogP contribution is -2.57. The van der Waals surface area contributed by atoms with Crippen LogP contribution in [0.3, 0.4) is 0 Å². The highest BCUT2D eigenvalue weighted by Crippen LogP contribution is 2.32. The van der Waals surface area contributed by atoms with Crippen molar-refractivity contribution in [3.8, 4) is 5.75 Å². The molecule has 2 aromatic rings. The zero-order valence-electron chi connectivity index (χ0n) is 20.3. The normalized spacial score (nSPS) is 25.0. The summed E-state index contributed by atoms with van der Waals surface area (Å²) in [4.78, 5) is 12.7. The highest BCUT2D eigenvalue weighted by atomic mass is 35.5. The number of rotatable bonds is 7. The molecular formula is C25H30Cl2N2O7S. The van der Waals surface area contributed by atoms with E-state index in [1.165, 1.54) is 23.5 Å². The van der Waals surface area contributed by atoms with E-state index in [1.807, 2.05) is 0 Å². The molecule has 0 spiro atoms. The Labute approximate surface area is 226 Å². The number of nitrogens with one attached hydrogen (secondary N) is 1. The van der Waals surface area contributed by atoms with E-state index < -0.39 is 34.4 Å². The van der Waals surface area contributed by atoms with Crippen molar-refractivity contribution < 1.29 is 32.5 Å². The molecule has 37 heavy (non-hydrogen) atoms. The number of sulfonamides is 1. The minimum absolute atomic E-state index is 0.0178. The number of fused-ring (bicyclic) bond motifs is 1. The second kappa shape index (κ2) is 12.3. The first-order valence-corrected chi connectivity index (χ1v) is 14.1. The van der Waals surface area contributed by atoms with Gasteiger partial charge in [-0.05, 0) is 54.8 Å². The molecule has 2 aliphatic heterocycles. The molecule has 2 fully saturated rings. The number of aliphatic hydroxyl groups is 1. The van der Waals surface area contributed by atoms with Crippen LogP contribution < -0.4 is 10.1 Å². The van der Waals surface area contributed by atoms with Crippen molar-refractivity contribution in [2.24, 2.45) is 0 Å². The van der Waals surface area contributed by atoms with E-state index in [4.69, 9.17) is 37.4 Å². The fraction of sp³-hybridized carbons (Fsp3) is 0.480. The average molecular weight is 573 g/mol. The molecule has 0 aliphatic carbocycles. The van der Waals surface area contributed by atoms with Crippen molar-refractivity contribution in [1.82, 2.24) is 9.62 Å².